The molecule has 8 heteroatoms. The third-order valence-corrected chi connectivity index (χ3v) is 6.15. The number of benzene rings is 3. The molecule has 1 aromatic heterocycles. The van der Waals surface area contributed by atoms with E-state index < -0.39 is 5.82 Å². The van der Waals surface area contributed by atoms with Crippen LogP contribution in [0.2, 0.25) is 5.02 Å². The van der Waals surface area contributed by atoms with Crippen molar-refractivity contribution in [2.45, 2.75) is 13.8 Å². The number of imidazole rings is 1. The van der Waals surface area contributed by atoms with E-state index in [9.17, 15) is 9.18 Å². The fraction of sp³-hybridized carbons (Fsp3) is 0.0833. The number of nitrogens with two attached hydrogens (primary N) is 1. The number of hydrogen-bond acceptors (Lipinski definition) is 3. The molecule has 0 saturated heterocycles. The number of nitrogen functional groups attached to an aromatic ring is 1. The first kappa shape index (κ1) is 22.0. The van der Waals surface area contributed by atoms with Crippen molar-refractivity contribution < 1.29 is 9.18 Å². The fourth-order valence-corrected chi connectivity index (χ4v) is 4.12. The van der Waals surface area contributed by atoms with Crippen LogP contribution in [-0.4, -0.2) is 15.9 Å². The summed E-state index contributed by atoms with van der Waals surface area (Å²) in [6.07, 6.45) is 0. The van der Waals surface area contributed by atoms with E-state index in [1.54, 1.807) is 30.3 Å². The summed E-state index contributed by atoms with van der Waals surface area (Å²) in [5.41, 5.74) is 11.2. The monoisotopic (exact) mass is 512 g/mol. The van der Waals surface area contributed by atoms with Gasteiger partial charge in [-0.15, -0.1) is 0 Å². The summed E-state index contributed by atoms with van der Waals surface area (Å²) in [5.74, 6) is -0.406. The number of H-pyrrole nitrogens is 1. The highest BCUT2D eigenvalue weighted by Crippen LogP contribution is 2.34. The molecule has 4 aromatic rings. The van der Waals surface area contributed by atoms with Crippen molar-refractivity contribution >= 4 is 44.8 Å². The minimum Gasteiger partial charge on any atom is -0.398 e. The van der Waals surface area contributed by atoms with Crippen LogP contribution >= 0.6 is 27.5 Å². The molecule has 0 saturated carbocycles. The minimum atomic E-state index is -0.468. The highest BCUT2D eigenvalue weighted by Gasteiger charge is 2.18. The number of carbonyl (C=O) groups is 1. The summed E-state index contributed by atoms with van der Waals surface area (Å²) < 4.78 is 14.8. The third kappa shape index (κ3) is 4.13. The zero-order valence-electron chi connectivity index (χ0n) is 17.3. The molecular weight excluding hydrogens is 495 g/mol. The van der Waals surface area contributed by atoms with Gasteiger partial charge in [-0.05, 0) is 71.2 Å². The van der Waals surface area contributed by atoms with Gasteiger partial charge in [0.25, 0.3) is 5.91 Å². The first-order valence-corrected chi connectivity index (χ1v) is 10.9. The van der Waals surface area contributed by atoms with Crippen molar-refractivity contribution in [3.05, 3.63) is 86.7 Å². The molecule has 1 amide bonds. The highest BCUT2D eigenvalue weighted by atomic mass is 79.9. The van der Waals surface area contributed by atoms with Gasteiger partial charge in [0, 0.05) is 22.5 Å². The van der Waals surface area contributed by atoms with Crippen LogP contribution in [0.4, 0.5) is 15.8 Å². The number of halogens is 3. The van der Waals surface area contributed by atoms with Gasteiger partial charge in [0.05, 0.1) is 10.6 Å². The number of nitrogens with one attached hydrogen (secondary N) is 2. The van der Waals surface area contributed by atoms with Crippen LogP contribution in [0.3, 0.4) is 0 Å². The highest BCUT2D eigenvalue weighted by molar-refractivity contribution is 9.10. The van der Waals surface area contributed by atoms with Crippen LogP contribution in [0.15, 0.2) is 59.2 Å². The molecule has 32 heavy (non-hydrogen) atoms. The quantitative estimate of drug-likeness (QED) is 0.264. The maximum atomic E-state index is 14.3. The molecule has 0 unspecified atom stereocenters. The van der Waals surface area contributed by atoms with E-state index in [2.05, 4.69) is 31.2 Å². The number of amides is 1. The Morgan fingerprint density at radius 1 is 1.12 bits per heavy atom. The van der Waals surface area contributed by atoms with Gasteiger partial charge in [0.2, 0.25) is 0 Å². The first-order chi connectivity index (χ1) is 15.3. The van der Waals surface area contributed by atoms with Crippen molar-refractivity contribution in [3.63, 3.8) is 0 Å². The van der Waals surface area contributed by atoms with Crippen LogP contribution in [-0.2, 0) is 0 Å². The van der Waals surface area contributed by atoms with E-state index >= 15 is 0 Å². The number of rotatable bonds is 4. The van der Waals surface area contributed by atoms with E-state index in [-0.39, 0.29) is 16.5 Å². The fourth-order valence-electron chi connectivity index (χ4n) is 3.36. The van der Waals surface area contributed by atoms with Gasteiger partial charge in [0.1, 0.15) is 21.9 Å². The van der Waals surface area contributed by atoms with Crippen LogP contribution in [0.1, 0.15) is 21.5 Å². The largest absolute Gasteiger partial charge is 0.398 e. The molecule has 4 N–H and O–H groups in total. The molecule has 0 spiro atoms. The molecule has 0 atom stereocenters. The lowest BCUT2D eigenvalue weighted by molar-refractivity contribution is 0.102. The smallest absolute Gasteiger partial charge is 0.255 e. The van der Waals surface area contributed by atoms with Crippen molar-refractivity contribution in [3.8, 4) is 22.6 Å². The Labute approximate surface area is 198 Å². The Kier molecular flexibility index (Phi) is 6.04. The van der Waals surface area contributed by atoms with Gasteiger partial charge in [-0.3, -0.25) is 4.79 Å². The van der Waals surface area contributed by atoms with E-state index in [1.165, 1.54) is 12.1 Å². The lowest BCUT2D eigenvalue weighted by Gasteiger charge is -2.12. The number of aromatic nitrogens is 2. The second-order valence-corrected chi connectivity index (χ2v) is 8.55. The molecule has 1 heterocycles. The molecule has 0 bridgehead atoms. The Balaban J connectivity index is 1.59. The van der Waals surface area contributed by atoms with Gasteiger partial charge in [-0.25, -0.2) is 9.37 Å². The van der Waals surface area contributed by atoms with Gasteiger partial charge in [-0.1, -0.05) is 35.9 Å². The molecule has 0 fully saturated rings. The van der Waals surface area contributed by atoms with Gasteiger partial charge >= 0.3 is 0 Å². The van der Waals surface area contributed by atoms with Gasteiger partial charge < -0.3 is 16.0 Å². The average Bonchev–Trinajstić information content (AvgIpc) is 3.15. The average molecular weight is 514 g/mol. The van der Waals surface area contributed by atoms with E-state index in [0.717, 1.165) is 16.7 Å². The van der Waals surface area contributed by atoms with Gasteiger partial charge in [-0.2, -0.15) is 0 Å². The summed E-state index contributed by atoms with van der Waals surface area (Å²) >= 11 is 9.59. The molecule has 0 aliphatic carbocycles. The van der Waals surface area contributed by atoms with E-state index in [1.807, 2.05) is 26.0 Å². The zero-order valence-corrected chi connectivity index (χ0v) is 19.6. The summed E-state index contributed by atoms with van der Waals surface area (Å²) in [7, 11) is 0. The normalized spacial score (nSPS) is 10.9. The van der Waals surface area contributed by atoms with Crippen LogP contribution < -0.4 is 11.1 Å². The predicted molar refractivity (Wildman–Crippen MR) is 130 cm³/mol. The first-order valence-electron chi connectivity index (χ1n) is 9.73. The topological polar surface area (TPSA) is 83.8 Å². The SMILES string of the molecule is Cc1ccc(NC(=O)c2ccc(-c3nc(-c4c(F)cccc4Cl)[nH]c3Br)cc2)c(C)c1N. The van der Waals surface area contributed by atoms with Crippen molar-refractivity contribution in [1.82, 2.24) is 9.97 Å². The molecule has 0 aliphatic heterocycles. The van der Waals surface area contributed by atoms with Gasteiger partial charge in [0.15, 0.2) is 0 Å². The lowest BCUT2D eigenvalue weighted by Crippen LogP contribution is -2.13. The number of hydrogen-bond donors (Lipinski definition) is 3. The summed E-state index contributed by atoms with van der Waals surface area (Å²) in [5, 5.41) is 3.16. The third-order valence-electron chi connectivity index (χ3n) is 5.26. The maximum Gasteiger partial charge on any atom is 0.255 e. The molecular formula is C24H19BrClFN4O. The Morgan fingerprint density at radius 2 is 1.84 bits per heavy atom. The molecule has 5 nitrogen and oxygen atoms in total. The standard InChI is InChI=1S/C24H19BrClFN4O/c1-12-6-11-18(13(2)20(12)28)29-24(32)15-9-7-14(8-10-15)21-22(25)31-23(30-21)19-16(26)4-3-5-17(19)27/h3-11H,28H2,1-2H3,(H,29,32)(H,30,31). The molecule has 4 rings (SSSR count). The van der Waals surface area contributed by atoms with Crippen LogP contribution in [0.25, 0.3) is 22.6 Å². The number of anilines is 2. The molecule has 0 radical (unpaired) electrons. The Morgan fingerprint density at radius 3 is 2.53 bits per heavy atom. The van der Waals surface area contributed by atoms with Crippen LogP contribution in [0.5, 0.6) is 0 Å². The molecule has 0 aliphatic rings. The second-order valence-electron chi connectivity index (χ2n) is 7.34. The van der Waals surface area contributed by atoms with Crippen molar-refractivity contribution in [1.29, 1.82) is 0 Å². The van der Waals surface area contributed by atoms with E-state index in [4.69, 9.17) is 17.3 Å². The minimum absolute atomic E-state index is 0.199. The molecule has 162 valence electrons. The Bertz CT molecular complexity index is 1310. The van der Waals surface area contributed by atoms with Crippen molar-refractivity contribution in [2.75, 3.05) is 11.1 Å². The second kappa shape index (κ2) is 8.76. The maximum absolute atomic E-state index is 14.3. The molecule has 3 aromatic carbocycles. The lowest BCUT2D eigenvalue weighted by atomic mass is 10.1. The summed E-state index contributed by atoms with van der Waals surface area (Å²) in [6.45, 7) is 3.79. The number of aryl methyl sites for hydroxylation is 1. The van der Waals surface area contributed by atoms with Crippen molar-refractivity contribution in [2.24, 2.45) is 0 Å². The number of nitrogens with zero attached hydrogens (tertiary/aromatic N) is 1. The Hall–Kier alpha value is -3.16. The summed E-state index contributed by atoms with van der Waals surface area (Å²) in [6, 6.07) is 15.1. The van der Waals surface area contributed by atoms with Crippen LogP contribution in [0, 0.1) is 19.7 Å². The predicted octanol–water partition coefficient (Wildman–Crippen LogP) is 6.75. The zero-order chi connectivity index (χ0) is 23.0. The number of aromatic amines is 1. The van der Waals surface area contributed by atoms with E-state index in [0.29, 0.717) is 33.1 Å². The number of carbonyl (C=O) groups excluding carboxylic acids is 1. The summed E-state index contributed by atoms with van der Waals surface area (Å²) in [4.78, 5) is 20.2.